The fourth-order valence-corrected chi connectivity index (χ4v) is 0.142. The van der Waals surface area contributed by atoms with E-state index in [1.54, 1.807) is 6.92 Å². The van der Waals surface area contributed by atoms with Crippen LogP contribution in [0, 0.1) is 0 Å². The minimum absolute atomic E-state index is 0.356. The molecule has 0 aliphatic carbocycles. The molecule has 0 saturated heterocycles. The molecule has 1 amide bonds. The van der Waals surface area contributed by atoms with Crippen molar-refractivity contribution >= 4 is 6.09 Å². The van der Waals surface area contributed by atoms with Crippen molar-refractivity contribution in [3.05, 3.63) is 25.3 Å². The van der Waals surface area contributed by atoms with E-state index in [4.69, 9.17) is 0 Å². The van der Waals surface area contributed by atoms with Crippen LogP contribution in [-0.4, -0.2) is 12.7 Å². The Morgan fingerprint density at radius 1 is 1.21 bits per heavy atom. The molecule has 0 aliphatic rings. The molecule has 0 bridgehead atoms. The highest BCUT2D eigenvalue weighted by Crippen LogP contribution is 2.08. The molecule has 0 aromatic carbocycles. The van der Waals surface area contributed by atoms with Gasteiger partial charge >= 0.3 is 18.3 Å². The maximum absolute atomic E-state index is 10.3. The lowest BCUT2D eigenvalue weighted by molar-refractivity contribution is 0.163. The van der Waals surface area contributed by atoms with Crippen molar-refractivity contribution in [2.24, 2.45) is 5.73 Å². The van der Waals surface area contributed by atoms with Crippen LogP contribution >= 0.6 is 0 Å². The number of ether oxygens (including phenoxy) is 1. The van der Waals surface area contributed by atoms with Gasteiger partial charge in [-0.05, 0) is 6.92 Å². The van der Waals surface area contributed by atoms with Crippen molar-refractivity contribution in [2.45, 2.75) is 6.92 Å². The molecule has 0 rings (SSSR count). The Morgan fingerprint density at radius 2 is 1.50 bits per heavy atom. The second kappa shape index (κ2) is 14.0. The standard InChI is InChI=1S/C3H7NO2.C2F4.C2H4/c1-2-6-3(4)5;3-1(4)2(5)6;1-2/h2H2,1H3,(H2,4,5);;1-2H2. The molecule has 0 heterocycles. The summed E-state index contributed by atoms with van der Waals surface area (Å²) in [5.74, 6) is 0. The van der Waals surface area contributed by atoms with Crippen LogP contribution < -0.4 is 5.73 Å². The van der Waals surface area contributed by atoms with Crippen molar-refractivity contribution in [1.82, 2.24) is 0 Å². The highest BCUT2D eigenvalue weighted by molar-refractivity contribution is 5.64. The third kappa shape index (κ3) is 31.4. The van der Waals surface area contributed by atoms with Crippen LogP contribution in [0.25, 0.3) is 0 Å². The van der Waals surface area contributed by atoms with Crippen LogP contribution in [-0.2, 0) is 4.74 Å². The van der Waals surface area contributed by atoms with Gasteiger partial charge in [0, 0.05) is 0 Å². The smallest absolute Gasteiger partial charge is 0.404 e. The molecule has 0 fully saturated rings. The maximum atomic E-state index is 10.3. The molecule has 0 saturated carbocycles. The highest BCUT2D eigenvalue weighted by Gasteiger charge is 1.98. The van der Waals surface area contributed by atoms with Crippen molar-refractivity contribution < 1.29 is 27.1 Å². The molecule has 7 heteroatoms. The van der Waals surface area contributed by atoms with Gasteiger partial charge in [-0.1, -0.05) is 0 Å². The Hall–Kier alpha value is -1.53. The minimum Gasteiger partial charge on any atom is -0.450 e. The summed E-state index contributed by atoms with van der Waals surface area (Å²) in [6.07, 6.45) is -6.53. The van der Waals surface area contributed by atoms with Gasteiger partial charge in [-0.15, -0.1) is 13.2 Å². The fourth-order valence-electron chi connectivity index (χ4n) is 0.142. The summed E-state index contributed by atoms with van der Waals surface area (Å²) in [4.78, 5) is 9.60. The van der Waals surface area contributed by atoms with E-state index in [0.29, 0.717) is 6.61 Å². The third-order valence-electron chi connectivity index (χ3n) is 0.429. The van der Waals surface area contributed by atoms with Crippen molar-refractivity contribution in [1.29, 1.82) is 0 Å². The number of rotatable bonds is 1. The predicted molar refractivity (Wildman–Crippen MR) is 43.9 cm³/mol. The van der Waals surface area contributed by atoms with Crippen LogP contribution in [0.3, 0.4) is 0 Å². The fraction of sp³-hybridized carbons (Fsp3) is 0.286. The van der Waals surface area contributed by atoms with E-state index >= 15 is 0 Å². The summed E-state index contributed by atoms with van der Waals surface area (Å²) in [5, 5.41) is 0. The van der Waals surface area contributed by atoms with Gasteiger partial charge < -0.3 is 10.5 Å². The number of hydrogen-bond donors (Lipinski definition) is 1. The van der Waals surface area contributed by atoms with Gasteiger partial charge in [-0.3, -0.25) is 0 Å². The first-order valence-corrected chi connectivity index (χ1v) is 3.20. The normalized spacial score (nSPS) is 6.93. The van der Waals surface area contributed by atoms with Gasteiger partial charge in [-0.2, -0.15) is 17.6 Å². The third-order valence-corrected chi connectivity index (χ3v) is 0.429. The van der Waals surface area contributed by atoms with Crippen LogP contribution in [0.1, 0.15) is 6.92 Å². The lowest BCUT2D eigenvalue weighted by Gasteiger charge is -1.89. The Bertz CT molecular complexity index is 167. The molecular formula is C7H11F4NO2. The molecule has 0 spiro atoms. The first-order valence-electron chi connectivity index (χ1n) is 3.20. The summed E-state index contributed by atoms with van der Waals surface area (Å²) in [6.45, 7) is 8.06. The lowest BCUT2D eigenvalue weighted by Crippen LogP contribution is -2.11. The molecule has 0 aromatic heterocycles. The Morgan fingerprint density at radius 3 is 1.50 bits per heavy atom. The zero-order valence-electron chi connectivity index (χ0n) is 7.53. The topological polar surface area (TPSA) is 52.3 Å². The maximum Gasteiger partial charge on any atom is 0.404 e. The Balaban J connectivity index is -0.000000147. The van der Waals surface area contributed by atoms with Gasteiger partial charge in [0.1, 0.15) is 0 Å². The average Bonchev–Trinajstić information content (AvgIpc) is 2.08. The van der Waals surface area contributed by atoms with Crippen LogP contribution in [0.15, 0.2) is 25.3 Å². The number of carbonyl (C=O) groups excluding carboxylic acids is 1. The van der Waals surface area contributed by atoms with Crippen LogP contribution in [0.5, 0.6) is 0 Å². The van der Waals surface area contributed by atoms with Crippen molar-refractivity contribution in [3.8, 4) is 0 Å². The van der Waals surface area contributed by atoms with Crippen molar-refractivity contribution in [3.63, 3.8) is 0 Å². The highest BCUT2D eigenvalue weighted by atomic mass is 19.3. The summed E-state index contributed by atoms with van der Waals surface area (Å²) in [5.41, 5.74) is 4.54. The average molecular weight is 217 g/mol. The quantitative estimate of drug-likeness (QED) is 0.542. The van der Waals surface area contributed by atoms with E-state index in [0.717, 1.165) is 0 Å². The summed E-state index contributed by atoms with van der Waals surface area (Å²) in [6, 6.07) is 0. The van der Waals surface area contributed by atoms with E-state index in [1.165, 1.54) is 0 Å². The molecule has 0 unspecified atom stereocenters. The molecule has 2 N–H and O–H groups in total. The van der Waals surface area contributed by atoms with E-state index in [9.17, 15) is 22.4 Å². The molecule has 14 heavy (non-hydrogen) atoms. The summed E-state index contributed by atoms with van der Waals surface area (Å²) >= 11 is 0. The predicted octanol–water partition coefficient (Wildman–Crippen LogP) is 2.89. The number of carbonyl (C=O) groups is 1. The zero-order chi connectivity index (χ0) is 12.1. The molecular weight excluding hydrogens is 206 g/mol. The molecule has 84 valence electrons. The molecule has 0 radical (unpaired) electrons. The minimum atomic E-state index is -2.91. The number of primary amides is 1. The second-order valence-corrected chi connectivity index (χ2v) is 1.27. The number of hydrogen-bond acceptors (Lipinski definition) is 2. The molecule has 0 aliphatic heterocycles. The monoisotopic (exact) mass is 217 g/mol. The number of nitrogens with two attached hydrogens (primary N) is 1. The first kappa shape index (κ1) is 18.3. The van der Waals surface area contributed by atoms with Gasteiger partial charge in [0.15, 0.2) is 0 Å². The van der Waals surface area contributed by atoms with E-state index in [2.05, 4.69) is 23.6 Å². The van der Waals surface area contributed by atoms with Crippen LogP contribution in [0.2, 0.25) is 0 Å². The molecule has 0 atom stereocenters. The first-order chi connectivity index (χ1) is 6.41. The number of halogens is 4. The van der Waals surface area contributed by atoms with Gasteiger partial charge in [0.05, 0.1) is 6.61 Å². The SMILES string of the molecule is C=C.CCOC(N)=O.FC(F)=C(F)F. The lowest BCUT2D eigenvalue weighted by atomic mass is 10.9. The summed E-state index contributed by atoms with van der Waals surface area (Å²) in [7, 11) is 0. The van der Waals surface area contributed by atoms with E-state index < -0.39 is 18.3 Å². The van der Waals surface area contributed by atoms with E-state index in [1.807, 2.05) is 0 Å². The van der Waals surface area contributed by atoms with E-state index in [-0.39, 0.29) is 0 Å². The van der Waals surface area contributed by atoms with Crippen LogP contribution in [0.4, 0.5) is 22.4 Å². The van der Waals surface area contributed by atoms with Crippen molar-refractivity contribution in [2.75, 3.05) is 6.61 Å². The Labute approximate surface area is 78.8 Å². The van der Waals surface area contributed by atoms with Gasteiger partial charge in [-0.25, -0.2) is 4.79 Å². The molecule has 3 nitrogen and oxygen atoms in total. The zero-order valence-corrected chi connectivity index (χ0v) is 7.53. The summed E-state index contributed by atoms with van der Waals surface area (Å²) < 4.78 is 45.3. The van der Waals surface area contributed by atoms with Gasteiger partial charge in [0.25, 0.3) is 0 Å². The number of amides is 1. The Kier molecular flexibility index (Phi) is 18.3. The van der Waals surface area contributed by atoms with Gasteiger partial charge in [0.2, 0.25) is 0 Å². The second-order valence-electron chi connectivity index (χ2n) is 1.27. The molecule has 0 aromatic rings. The largest absolute Gasteiger partial charge is 0.450 e.